The summed E-state index contributed by atoms with van der Waals surface area (Å²) in [7, 11) is 2.19. The van der Waals surface area contributed by atoms with Crippen LogP contribution >= 0.6 is 0 Å². The number of amides is 1. The van der Waals surface area contributed by atoms with Gasteiger partial charge in [-0.2, -0.15) is 0 Å². The third-order valence-corrected chi connectivity index (χ3v) is 4.81. The molecule has 0 radical (unpaired) electrons. The SMILES string of the molecule is CCC1CN(C2CCC(N)(C(N)=O)C2)CCN1C. The highest BCUT2D eigenvalue weighted by molar-refractivity contribution is 5.84. The van der Waals surface area contributed by atoms with Crippen molar-refractivity contribution in [2.45, 2.75) is 50.2 Å². The molecule has 0 aromatic rings. The second-order valence-corrected chi connectivity index (χ2v) is 5.95. The Labute approximate surface area is 109 Å². The van der Waals surface area contributed by atoms with Gasteiger partial charge in [-0.05, 0) is 32.7 Å². The zero-order valence-corrected chi connectivity index (χ0v) is 11.6. The molecule has 1 heterocycles. The minimum Gasteiger partial charge on any atom is -0.368 e. The van der Waals surface area contributed by atoms with E-state index in [0.29, 0.717) is 12.1 Å². The van der Waals surface area contributed by atoms with Gasteiger partial charge in [0.25, 0.3) is 0 Å². The molecule has 4 N–H and O–H groups in total. The van der Waals surface area contributed by atoms with Crippen molar-refractivity contribution in [3.8, 4) is 0 Å². The van der Waals surface area contributed by atoms with Gasteiger partial charge in [-0.25, -0.2) is 0 Å². The Morgan fingerprint density at radius 3 is 2.72 bits per heavy atom. The van der Waals surface area contributed by atoms with Crippen molar-refractivity contribution in [1.29, 1.82) is 0 Å². The summed E-state index contributed by atoms with van der Waals surface area (Å²) in [4.78, 5) is 16.3. The lowest BCUT2D eigenvalue weighted by Crippen LogP contribution is -2.55. The number of rotatable bonds is 3. The Balaban J connectivity index is 1.96. The molecule has 2 fully saturated rings. The first kappa shape index (κ1) is 13.8. The third kappa shape index (κ3) is 2.53. The second kappa shape index (κ2) is 5.15. The summed E-state index contributed by atoms with van der Waals surface area (Å²) in [6.45, 7) is 5.50. The van der Waals surface area contributed by atoms with Gasteiger partial charge in [-0.3, -0.25) is 9.69 Å². The van der Waals surface area contributed by atoms with Crippen LogP contribution in [0.2, 0.25) is 0 Å². The van der Waals surface area contributed by atoms with Gasteiger partial charge in [0.2, 0.25) is 5.91 Å². The molecule has 0 bridgehead atoms. The molecule has 1 aliphatic carbocycles. The zero-order chi connectivity index (χ0) is 13.3. The molecule has 0 spiro atoms. The van der Waals surface area contributed by atoms with Crippen molar-refractivity contribution < 1.29 is 4.79 Å². The average Bonchev–Trinajstić information content (AvgIpc) is 2.74. The minimum atomic E-state index is -0.768. The van der Waals surface area contributed by atoms with Crippen LogP contribution in [0, 0.1) is 0 Å². The predicted molar refractivity (Wildman–Crippen MR) is 72.0 cm³/mol. The topological polar surface area (TPSA) is 75.6 Å². The van der Waals surface area contributed by atoms with Gasteiger partial charge in [0.05, 0.1) is 5.54 Å². The van der Waals surface area contributed by atoms with Gasteiger partial charge >= 0.3 is 0 Å². The molecule has 104 valence electrons. The second-order valence-electron chi connectivity index (χ2n) is 5.95. The fourth-order valence-electron chi connectivity index (χ4n) is 3.33. The molecule has 1 aliphatic heterocycles. The van der Waals surface area contributed by atoms with Crippen LogP contribution < -0.4 is 11.5 Å². The van der Waals surface area contributed by atoms with Gasteiger partial charge in [-0.1, -0.05) is 6.92 Å². The van der Waals surface area contributed by atoms with E-state index in [-0.39, 0.29) is 5.91 Å². The van der Waals surface area contributed by atoms with Crippen LogP contribution in [0.1, 0.15) is 32.6 Å². The van der Waals surface area contributed by atoms with Crippen LogP contribution in [0.3, 0.4) is 0 Å². The predicted octanol–water partition coefficient (Wildman–Crippen LogP) is -0.252. The fraction of sp³-hybridized carbons (Fsp3) is 0.923. The summed E-state index contributed by atoms with van der Waals surface area (Å²) in [6.07, 6.45) is 3.63. The van der Waals surface area contributed by atoms with E-state index in [9.17, 15) is 4.79 Å². The van der Waals surface area contributed by atoms with E-state index in [4.69, 9.17) is 11.5 Å². The van der Waals surface area contributed by atoms with E-state index in [2.05, 4.69) is 23.8 Å². The Morgan fingerprint density at radius 2 is 2.17 bits per heavy atom. The van der Waals surface area contributed by atoms with Crippen LogP contribution in [-0.4, -0.2) is 60.0 Å². The molecule has 5 nitrogen and oxygen atoms in total. The van der Waals surface area contributed by atoms with Crippen LogP contribution in [0.5, 0.6) is 0 Å². The molecule has 18 heavy (non-hydrogen) atoms. The van der Waals surface area contributed by atoms with E-state index < -0.39 is 5.54 Å². The molecule has 1 amide bonds. The lowest BCUT2D eigenvalue weighted by Gasteiger charge is -2.42. The molecule has 2 rings (SSSR count). The number of carbonyl (C=O) groups excluding carboxylic acids is 1. The number of primary amides is 1. The molecular weight excluding hydrogens is 228 g/mol. The van der Waals surface area contributed by atoms with Crippen LogP contribution in [0.4, 0.5) is 0 Å². The van der Waals surface area contributed by atoms with E-state index >= 15 is 0 Å². The highest BCUT2D eigenvalue weighted by atomic mass is 16.1. The Bertz CT molecular complexity index is 322. The van der Waals surface area contributed by atoms with Gasteiger partial charge in [0.1, 0.15) is 0 Å². The maximum absolute atomic E-state index is 11.4. The summed E-state index contributed by atoms with van der Waals surface area (Å²) < 4.78 is 0. The van der Waals surface area contributed by atoms with E-state index in [0.717, 1.165) is 38.9 Å². The van der Waals surface area contributed by atoms with E-state index in [1.807, 2.05) is 0 Å². The van der Waals surface area contributed by atoms with Crippen LogP contribution in [0.25, 0.3) is 0 Å². The summed E-state index contributed by atoms with van der Waals surface area (Å²) in [6, 6.07) is 1.06. The lowest BCUT2D eigenvalue weighted by atomic mass is 9.97. The first-order valence-corrected chi connectivity index (χ1v) is 6.99. The number of piperazine rings is 1. The number of hydrogen-bond donors (Lipinski definition) is 2. The van der Waals surface area contributed by atoms with Crippen molar-refractivity contribution in [3.63, 3.8) is 0 Å². The molecule has 0 aromatic carbocycles. The first-order chi connectivity index (χ1) is 8.46. The van der Waals surface area contributed by atoms with Crippen molar-refractivity contribution in [1.82, 2.24) is 9.80 Å². The molecule has 2 aliphatic rings. The van der Waals surface area contributed by atoms with Gasteiger partial charge < -0.3 is 16.4 Å². The molecule has 1 saturated heterocycles. The largest absolute Gasteiger partial charge is 0.368 e. The maximum atomic E-state index is 11.4. The summed E-state index contributed by atoms with van der Waals surface area (Å²) in [5, 5.41) is 0. The van der Waals surface area contributed by atoms with Gasteiger partial charge in [0, 0.05) is 31.7 Å². The molecular formula is C13H26N4O. The number of nitrogens with zero attached hydrogens (tertiary/aromatic N) is 2. The van der Waals surface area contributed by atoms with E-state index in [1.54, 1.807) is 0 Å². The molecule has 3 unspecified atom stereocenters. The fourth-order valence-corrected chi connectivity index (χ4v) is 3.33. The summed E-state index contributed by atoms with van der Waals surface area (Å²) >= 11 is 0. The standard InChI is InChI=1S/C13H26N4O/c1-3-10-9-17(7-6-16(10)2)11-4-5-13(15,8-11)12(14)18/h10-11H,3-9,15H2,1-2H3,(H2,14,18). The molecule has 0 aromatic heterocycles. The third-order valence-electron chi connectivity index (χ3n) is 4.81. The monoisotopic (exact) mass is 254 g/mol. The van der Waals surface area contributed by atoms with Crippen LogP contribution in [-0.2, 0) is 4.79 Å². The zero-order valence-electron chi connectivity index (χ0n) is 11.6. The van der Waals surface area contributed by atoms with Gasteiger partial charge in [0.15, 0.2) is 0 Å². The Kier molecular flexibility index (Phi) is 3.94. The van der Waals surface area contributed by atoms with Crippen molar-refractivity contribution >= 4 is 5.91 Å². The molecule has 1 saturated carbocycles. The first-order valence-electron chi connectivity index (χ1n) is 6.99. The average molecular weight is 254 g/mol. The van der Waals surface area contributed by atoms with E-state index in [1.165, 1.54) is 6.42 Å². The number of nitrogens with two attached hydrogens (primary N) is 2. The van der Waals surface area contributed by atoms with Gasteiger partial charge in [-0.15, -0.1) is 0 Å². The lowest BCUT2D eigenvalue weighted by molar-refractivity contribution is -0.123. The van der Waals surface area contributed by atoms with Crippen molar-refractivity contribution in [2.75, 3.05) is 26.7 Å². The highest BCUT2D eigenvalue weighted by Crippen LogP contribution is 2.32. The summed E-state index contributed by atoms with van der Waals surface area (Å²) in [5.41, 5.74) is 10.7. The smallest absolute Gasteiger partial charge is 0.237 e. The number of likely N-dealkylation sites (N-methyl/N-ethyl adjacent to an activating group) is 1. The van der Waals surface area contributed by atoms with Crippen molar-refractivity contribution in [3.05, 3.63) is 0 Å². The normalized spacial score (nSPS) is 39.1. The maximum Gasteiger partial charge on any atom is 0.237 e. The minimum absolute atomic E-state index is 0.342. The Morgan fingerprint density at radius 1 is 1.44 bits per heavy atom. The highest BCUT2D eigenvalue weighted by Gasteiger charge is 2.43. The number of carbonyl (C=O) groups is 1. The number of hydrogen-bond acceptors (Lipinski definition) is 4. The molecule has 5 heteroatoms. The molecule has 3 atom stereocenters. The Hall–Kier alpha value is -0.650. The van der Waals surface area contributed by atoms with Crippen LogP contribution in [0.15, 0.2) is 0 Å². The quantitative estimate of drug-likeness (QED) is 0.728. The summed E-state index contributed by atoms with van der Waals surface area (Å²) in [5.74, 6) is -0.342. The van der Waals surface area contributed by atoms with Crippen molar-refractivity contribution in [2.24, 2.45) is 11.5 Å².